The van der Waals surface area contributed by atoms with Gasteiger partial charge in [-0.3, -0.25) is 4.79 Å². The number of nitrogens with one attached hydrogen (secondary N) is 2. The molecule has 0 saturated heterocycles. The molecule has 0 aliphatic heterocycles. The van der Waals surface area contributed by atoms with Crippen molar-refractivity contribution in [3.63, 3.8) is 0 Å². The number of amides is 1. The van der Waals surface area contributed by atoms with Crippen LogP contribution in [-0.4, -0.2) is 22.6 Å². The maximum absolute atomic E-state index is 12.0. The van der Waals surface area contributed by atoms with Crippen LogP contribution in [0.4, 0.5) is 11.5 Å². The van der Waals surface area contributed by atoms with Gasteiger partial charge >= 0.3 is 0 Å². The van der Waals surface area contributed by atoms with E-state index in [0.717, 1.165) is 6.54 Å². The van der Waals surface area contributed by atoms with Crippen LogP contribution in [-0.2, 0) is 0 Å². The maximum atomic E-state index is 12.0. The van der Waals surface area contributed by atoms with E-state index < -0.39 is 0 Å². The molecule has 0 radical (unpaired) electrons. The lowest BCUT2D eigenvalue weighted by molar-refractivity contribution is 0.102. The summed E-state index contributed by atoms with van der Waals surface area (Å²) in [7, 11) is 0. The molecule has 1 heterocycles. The zero-order valence-electron chi connectivity index (χ0n) is 10.7. The van der Waals surface area contributed by atoms with E-state index >= 15 is 0 Å². The van der Waals surface area contributed by atoms with Crippen LogP contribution in [0.25, 0.3) is 0 Å². The van der Waals surface area contributed by atoms with E-state index in [1.165, 1.54) is 0 Å². The van der Waals surface area contributed by atoms with Crippen LogP contribution in [0, 0.1) is 0 Å². The first-order chi connectivity index (χ1) is 9.60. The molecule has 0 aliphatic carbocycles. The molecule has 0 saturated carbocycles. The molecule has 1 amide bonds. The third-order valence-electron chi connectivity index (χ3n) is 2.43. The van der Waals surface area contributed by atoms with Gasteiger partial charge in [0.25, 0.3) is 5.91 Å². The van der Waals surface area contributed by atoms with Gasteiger partial charge in [-0.05, 0) is 37.3 Å². The monoisotopic (exact) mass is 310 g/mol. The summed E-state index contributed by atoms with van der Waals surface area (Å²) >= 11 is 11.7. The van der Waals surface area contributed by atoms with Gasteiger partial charge in [-0.15, -0.1) is 10.2 Å². The fourth-order valence-corrected chi connectivity index (χ4v) is 1.80. The van der Waals surface area contributed by atoms with Gasteiger partial charge in [0.1, 0.15) is 5.82 Å². The predicted molar refractivity (Wildman–Crippen MR) is 80.6 cm³/mol. The number of halogens is 2. The smallest absolute Gasteiger partial charge is 0.276 e. The second-order valence-corrected chi connectivity index (χ2v) is 4.73. The molecule has 0 unspecified atom stereocenters. The van der Waals surface area contributed by atoms with Crippen LogP contribution in [0.15, 0.2) is 30.3 Å². The number of hydrogen-bond donors (Lipinski definition) is 2. The van der Waals surface area contributed by atoms with Gasteiger partial charge in [-0.2, -0.15) is 0 Å². The normalized spacial score (nSPS) is 10.2. The molecule has 2 N–H and O–H groups in total. The van der Waals surface area contributed by atoms with Crippen LogP contribution < -0.4 is 10.6 Å². The van der Waals surface area contributed by atoms with Gasteiger partial charge < -0.3 is 10.6 Å². The zero-order chi connectivity index (χ0) is 14.5. The summed E-state index contributed by atoms with van der Waals surface area (Å²) in [5.41, 5.74) is 0.764. The van der Waals surface area contributed by atoms with Crippen LogP contribution in [0.2, 0.25) is 10.0 Å². The Kier molecular flexibility index (Phi) is 4.76. The molecule has 0 bridgehead atoms. The molecule has 1 aromatic carbocycles. The van der Waals surface area contributed by atoms with Crippen molar-refractivity contribution in [1.82, 2.24) is 10.2 Å². The zero-order valence-corrected chi connectivity index (χ0v) is 12.2. The predicted octanol–water partition coefficient (Wildman–Crippen LogP) is 3.47. The summed E-state index contributed by atoms with van der Waals surface area (Å²) < 4.78 is 0. The Bertz CT molecular complexity index is 616. The Balaban J connectivity index is 2.09. The fraction of sp³-hybridized carbons (Fsp3) is 0.154. The largest absolute Gasteiger partial charge is 0.369 e. The highest BCUT2D eigenvalue weighted by Gasteiger charge is 2.09. The molecule has 0 spiro atoms. The minimum atomic E-state index is -0.362. The second kappa shape index (κ2) is 6.54. The molecule has 0 aliphatic rings. The number of nitrogens with zero attached hydrogens (tertiary/aromatic N) is 2. The second-order valence-electron chi connectivity index (χ2n) is 3.92. The molecule has 2 rings (SSSR count). The lowest BCUT2D eigenvalue weighted by Gasteiger charge is -2.06. The summed E-state index contributed by atoms with van der Waals surface area (Å²) in [6.45, 7) is 2.69. The Morgan fingerprint density at radius 2 is 1.95 bits per heavy atom. The van der Waals surface area contributed by atoms with E-state index in [1.54, 1.807) is 30.3 Å². The third-order valence-corrected chi connectivity index (χ3v) is 3.17. The lowest BCUT2D eigenvalue weighted by atomic mass is 10.3. The molecule has 0 fully saturated rings. The average molecular weight is 311 g/mol. The molecule has 0 atom stereocenters. The van der Waals surface area contributed by atoms with Gasteiger partial charge in [0.05, 0.1) is 10.0 Å². The van der Waals surface area contributed by atoms with E-state index in [0.29, 0.717) is 21.6 Å². The van der Waals surface area contributed by atoms with Crippen molar-refractivity contribution in [2.24, 2.45) is 0 Å². The number of rotatable bonds is 4. The van der Waals surface area contributed by atoms with Gasteiger partial charge in [-0.1, -0.05) is 23.2 Å². The number of anilines is 2. The average Bonchev–Trinajstić information content (AvgIpc) is 2.44. The summed E-state index contributed by atoms with van der Waals surface area (Å²) in [6.07, 6.45) is 0. The van der Waals surface area contributed by atoms with Crippen LogP contribution >= 0.6 is 23.2 Å². The number of aromatic nitrogens is 2. The van der Waals surface area contributed by atoms with Crippen molar-refractivity contribution in [3.05, 3.63) is 46.1 Å². The third kappa shape index (κ3) is 3.59. The first-order valence-electron chi connectivity index (χ1n) is 5.94. The summed E-state index contributed by atoms with van der Waals surface area (Å²) in [4.78, 5) is 12.0. The minimum Gasteiger partial charge on any atom is -0.369 e. The Morgan fingerprint density at radius 1 is 1.15 bits per heavy atom. The molecular formula is C13H12Cl2N4O. The standard InChI is InChI=1S/C13H12Cl2N4O/c1-2-16-12-6-5-11(18-19-12)13(20)17-8-3-4-9(14)10(15)7-8/h3-7H,2H2,1H3,(H,16,19)(H,17,20). The molecular weight excluding hydrogens is 299 g/mol. The summed E-state index contributed by atoms with van der Waals surface area (Å²) in [5, 5.41) is 14.2. The molecule has 104 valence electrons. The van der Waals surface area contributed by atoms with Crippen LogP contribution in [0.5, 0.6) is 0 Å². The van der Waals surface area contributed by atoms with Crippen molar-refractivity contribution in [1.29, 1.82) is 0 Å². The number of carbonyl (C=O) groups is 1. The topological polar surface area (TPSA) is 66.9 Å². The minimum absolute atomic E-state index is 0.220. The molecule has 2 aromatic rings. The van der Waals surface area contributed by atoms with Gasteiger partial charge in [0.2, 0.25) is 0 Å². The fourth-order valence-electron chi connectivity index (χ4n) is 1.50. The highest BCUT2D eigenvalue weighted by atomic mass is 35.5. The molecule has 1 aromatic heterocycles. The van der Waals surface area contributed by atoms with Gasteiger partial charge in [0, 0.05) is 12.2 Å². The van der Waals surface area contributed by atoms with Crippen LogP contribution in [0.1, 0.15) is 17.4 Å². The number of carbonyl (C=O) groups excluding carboxylic acids is 1. The lowest BCUT2D eigenvalue weighted by Crippen LogP contribution is -2.14. The summed E-state index contributed by atoms with van der Waals surface area (Å²) in [6, 6.07) is 8.13. The van der Waals surface area contributed by atoms with Gasteiger partial charge in [-0.25, -0.2) is 0 Å². The van der Waals surface area contributed by atoms with Crippen molar-refractivity contribution in [2.45, 2.75) is 6.92 Å². The van der Waals surface area contributed by atoms with Gasteiger partial charge in [0.15, 0.2) is 5.69 Å². The highest BCUT2D eigenvalue weighted by molar-refractivity contribution is 6.42. The van der Waals surface area contributed by atoms with E-state index in [2.05, 4.69) is 20.8 Å². The van der Waals surface area contributed by atoms with E-state index in [9.17, 15) is 4.79 Å². The van der Waals surface area contributed by atoms with Crippen molar-refractivity contribution in [2.75, 3.05) is 17.2 Å². The van der Waals surface area contributed by atoms with Crippen molar-refractivity contribution < 1.29 is 4.79 Å². The number of benzene rings is 1. The number of hydrogen-bond acceptors (Lipinski definition) is 4. The van der Waals surface area contributed by atoms with E-state index in [1.807, 2.05) is 6.92 Å². The quantitative estimate of drug-likeness (QED) is 0.907. The maximum Gasteiger partial charge on any atom is 0.276 e. The molecule has 20 heavy (non-hydrogen) atoms. The Hall–Kier alpha value is -1.85. The Labute approximate surface area is 126 Å². The van der Waals surface area contributed by atoms with Crippen molar-refractivity contribution in [3.8, 4) is 0 Å². The highest BCUT2D eigenvalue weighted by Crippen LogP contribution is 2.25. The summed E-state index contributed by atoms with van der Waals surface area (Å²) in [5.74, 6) is 0.262. The molecule has 7 heteroatoms. The van der Waals surface area contributed by atoms with Crippen molar-refractivity contribution >= 4 is 40.6 Å². The molecule has 5 nitrogen and oxygen atoms in total. The SMILES string of the molecule is CCNc1ccc(C(=O)Nc2ccc(Cl)c(Cl)c2)nn1. The Morgan fingerprint density at radius 3 is 2.55 bits per heavy atom. The first-order valence-corrected chi connectivity index (χ1v) is 6.69. The van der Waals surface area contributed by atoms with Crippen LogP contribution in [0.3, 0.4) is 0 Å². The first kappa shape index (κ1) is 14.6. The van der Waals surface area contributed by atoms with E-state index in [-0.39, 0.29) is 11.6 Å². The van der Waals surface area contributed by atoms with E-state index in [4.69, 9.17) is 23.2 Å².